The molecular weight excluding hydrogens is 345 g/mol. The van der Waals surface area contributed by atoms with Gasteiger partial charge in [-0.25, -0.2) is 4.98 Å². The van der Waals surface area contributed by atoms with Crippen LogP contribution < -0.4 is 21.7 Å². The van der Waals surface area contributed by atoms with E-state index in [1.807, 2.05) is 45.9 Å². The summed E-state index contributed by atoms with van der Waals surface area (Å²) < 4.78 is 17.7. The predicted octanol–water partition coefficient (Wildman–Crippen LogP) is 1.49. The van der Waals surface area contributed by atoms with Crippen molar-refractivity contribution in [1.82, 2.24) is 9.97 Å². The van der Waals surface area contributed by atoms with Crippen LogP contribution in [0.25, 0.3) is 11.3 Å². The Morgan fingerprint density at radius 1 is 1.11 bits per heavy atom. The van der Waals surface area contributed by atoms with Gasteiger partial charge in [-0.15, -0.1) is 0 Å². The van der Waals surface area contributed by atoms with Gasteiger partial charge < -0.3 is 25.5 Å². The topological polar surface area (TPSA) is 129 Å². The minimum Gasteiger partial charge on any atom is -0.496 e. The highest BCUT2D eigenvalue weighted by Crippen LogP contribution is 2.38. The Kier molecular flexibility index (Phi) is 4.50. The van der Waals surface area contributed by atoms with Gasteiger partial charge >= 0.3 is 7.12 Å². The Morgan fingerprint density at radius 2 is 1.74 bits per heavy atom. The lowest BCUT2D eigenvalue weighted by Crippen LogP contribution is -2.41. The SMILES string of the molecule is COc1ccc(B2OC(C)(C)C(C)(C)O2)cc1-c1nc(N)nc(N)c1C#N. The van der Waals surface area contributed by atoms with Crippen LogP contribution in [0.15, 0.2) is 18.2 Å². The lowest BCUT2D eigenvalue weighted by Gasteiger charge is -2.32. The highest BCUT2D eigenvalue weighted by molar-refractivity contribution is 6.62. The summed E-state index contributed by atoms with van der Waals surface area (Å²) in [5.74, 6) is 0.511. The maximum Gasteiger partial charge on any atom is 0.494 e. The van der Waals surface area contributed by atoms with Crippen LogP contribution in [0.4, 0.5) is 11.8 Å². The van der Waals surface area contributed by atoms with Gasteiger partial charge in [0.2, 0.25) is 5.95 Å². The zero-order chi connectivity index (χ0) is 20.0. The van der Waals surface area contributed by atoms with E-state index >= 15 is 0 Å². The Labute approximate surface area is 158 Å². The molecule has 1 aromatic heterocycles. The molecule has 8 nitrogen and oxygen atoms in total. The summed E-state index contributed by atoms with van der Waals surface area (Å²) in [7, 11) is 0.967. The van der Waals surface area contributed by atoms with Crippen molar-refractivity contribution in [2.24, 2.45) is 0 Å². The third-order valence-electron chi connectivity index (χ3n) is 5.07. The molecule has 1 aliphatic heterocycles. The van der Waals surface area contributed by atoms with E-state index in [2.05, 4.69) is 9.97 Å². The molecule has 0 aliphatic carbocycles. The maximum absolute atomic E-state index is 9.49. The number of nitriles is 1. The molecule has 0 unspecified atom stereocenters. The molecule has 2 heterocycles. The number of ether oxygens (including phenoxy) is 1. The lowest BCUT2D eigenvalue weighted by atomic mass is 9.78. The molecule has 1 fully saturated rings. The summed E-state index contributed by atoms with van der Waals surface area (Å²) >= 11 is 0. The molecule has 27 heavy (non-hydrogen) atoms. The van der Waals surface area contributed by atoms with E-state index in [0.29, 0.717) is 17.0 Å². The number of aromatic nitrogens is 2. The molecule has 0 radical (unpaired) electrons. The first-order chi connectivity index (χ1) is 12.6. The minimum absolute atomic E-state index is 0.0167. The van der Waals surface area contributed by atoms with Crippen LogP contribution in [0.1, 0.15) is 33.3 Å². The van der Waals surface area contributed by atoms with Gasteiger partial charge in [-0.2, -0.15) is 10.2 Å². The van der Waals surface area contributed by atoms with Crippen molar-refractivity contribution in [2.45, 2.75) is 38.9 Å². The molecule has 3 rings (SSSR count). The van der Waals surface area contributed by atoms with Crippen molar-refractivity contribution in [3.63, 3.8) is 0 Å². The second-order valence-electron chi connectivity index (χ2n) is 7.35. The van der Waals surface area contributed by atoms with Crippen LogP contribution in [-0.4, -0.2) is 35.4 Å². The molecule has 9 heteroatoms. The molecule has 1 aliphatic rings. The molecule has 0 bridgehead atoms. The van der Waals surface area contributed by atoms with Crippen LogP contribution in [-0.2, 0) is 9.31 Å². The lowest BCUT2D eigenvalue weighted by molar-refractivity contribution is 0.00578. The predicted molar refractivity (Wildman–Crippen MR) is 103 cm³/mol. The van der Waals surface area contributed by atoms with E-state index < -0.39 is 18.3 Å². The van der Waals surface area contributed by atoms with E-state index in [1.54, 1.807) is 6.07 Å². The zero-order valence-corrected chi connectivity index (χ0v) is 16.0. The van der Waals surface area contributed by atoms with Crippen molar-refractivity contribution in [2.75, 3.05) is 18.6 Å². The molecular formula is C18H22BN5O3. The van der Waals surface area contributed by atoms with Crippen molar-refractivity contribution >= 4 is 24.3 Å². The number of benzene rings is 1. The first-order valence-electron chi connectivity index (χ1n) is 8.46. The normalized spacial score (nSPS) is 17.6. The van der Waals surface area contributed by atoms with Crippen molar-refractivity contribution in [1.29, 1.82) is 5.26 Å². The van der Waals surface area contributed by atoms with Crippen LogP contribution in [0, 0.1) is 11.3 Å². The Bertz CT molecular complexity index is 923. The summed E-state index contributed by atoms with van der Waals surface area (Å²) in [6.45, 7) is 7.93. The van der Waals surface area contributed by atoms with Gasteiger partial charge in [0, 0.05) is 5.56 Å². The van der Waals surface area contributed by atoms with Crippen molar-refractivity contribution in [3.8, 4) is 23.1 Å². The molecule has 1 saturated heterocycles. The minimum atomic E-state index is -0.568. The first kappa shape index (κ1) is 19.0. The molecule has 0 amide bonds. The number of nitrogens with two attached hydrogens (primary N) is 2. The van der Waals surface area contributed by atoms with Crippen LogP contribution in [0.2, 0.25) is 0 Å². The third kappa shape index (κ3) is 3.18. The monoisotopic (exact) mass is 367 g/mol. The van der Waals surface area contributed by atoms with Gasteiger partial charge in [0.25, 0.3) is 0 Å². The third-order valence-corrected chi connectivity index (χ3v) is 5.07. The largest absolute Gasteiger partial charge is 0.496 e. The Balaban J connectivity index is 2.14. The first-order valence-corrected chi connectivity index (χ1v) is 8.46. The number of anilines is 2. The van der Waals surface area contributed by atoms with Gasteiger partial charge in [-0.3, -0.25) is 0 Å². The average molecular weight is 367 g/mol. The summed E-state index contributed by atoms with van der Waals surface area (Å²) in [5, 5.41) is 9.49. The van der Waals surface area contributed by atoms with E-state index in [1.165, 1.54) is 7.11 Å². The molecule has 0 saturated carbocycles. The highest BCUT2D eigenvalue weighted by Gasteiger charge is 2.51. The van der Waals surface area contributed by atoms with E-state index in [4.69, 9.17) is 25.5 Å². The fourth-order valence-corrected chi connectivity index (χ4v) is 2.84. The summed E-state index contributed by atoms with van der Waals surface area (Å²) in [6.07, 6.45) is 0. The van der Waals surface area contributed by atoms with Gasteiger partial charge in [-0.05, 0) is 45.3 Å². The molecule has 2 aromatic rings. The number of rotatable bonds is 3. The molecule has 140 valence electrons. The van der Waals surface area contributed by atoms with E-state index in [0.717, 1.165) is 5.46 Å². The molecule has 4 N–H and O–H groups in total. The average Bonchev–Trinajstić information content (AvgIpc) is 2.81. The van der Waals surface area contributed by atoms with Gasteiger partial charge in [-0.1, -0.05) is 6.07 Å². The summed E-state index contributed by atoms with van der Waals surface area (Å²) in [6, 6.07) is 7.46. The Morgan fingerprint density at radius 3 is 2.30 bits per heavy atom. The van der Waals surface area contributed by atoms with E-state index in [-0.39, 0.29) is 17.3 Å². The van der Waals surface area contributed by atoms with E-state index in [9.17, 15) is 5.26 Å². The van der Waals surface area contributed by atoms with Crippen LogP contribution in [0.3, 0.4) is 0 Å². The summed E-state index contributed by atoms with van der Waals surface area (Å²) in [5.41, 5.74) is 12.4. The number of methoxy groups -OCH3 is 1. The van der Waals surface area contributed by atoms with Crippen LogP contribution >= 0.6 is 0 Å². The maximum atomic E-state index is 9.49. The Hall–Kier alpha value is -2.83. The number of nitrogens with zero attached hydrogens (tertiary/aromatic N) is 3. The number of hydrogen-bond acceptors (Lipinski definition) is 8. The molecule has 1 aromatic carbocycles. The number of nitrogen functional groups attached to an aromatic ring is 2. The highest BCUT2D eigenvalue weighted by atomic mass is 16.7. The fourth-order valence-electron chi connectivity index (χ4n) is 2.84. The smallest absolute Gasteiger partial charge is 0.494 e. The summed E-state index contributed by atoms with van der Waals surface area (Å²) in [4.78, 5) is 8.07. The van der Waals surface area contributed by atoms with Crippen molar-refractivity contribution < 1.29 is 14.0 Å². The number of hydrogen-bond donors (Lipinski definition) is 2. The fraction of sp³-hybridized carbons (Fsp3) is 0.389. The zero-order valence-electron chi connectivity index (χ0n) is 16.0. The van der Waals surface area contributed by atoms with Gasteiger partial charge in [0.1, 0.15) is 23.2 Å². The molecule has 0 atom stereocenters. The molecule has 0 spiro atoms. The second kappa shape index (κ2) is 6.41. The van der Waals surface area contributed by atoms with Gasteiger partial charge in [0.15, 0.2) is 0 Å². The van der Waals surface area contributed by atoms with Crippen LogP contribution in [0.5, 0.6) is 5.75 Å². The standard InChI is InChI=1S/C18H22BN5O3/c1-17(2)18(3,4)27-19(26-17)10-6-7-13(25-5)11(8-10)14-12(9-20)15(21)24-16(22)23-14/h6-8H,1-5H3,(H4,21,22,23,24). The quantitative estimate of drug-likeness (QED) is 0.781. The van der Waals surface area contributed by atoms with Crippen molar-refractivity contribution in [3.05, 3.63) is 23.8 Å². The van der Waals surface area contributed by atoms with Gasteiger partial charge in [0.05, 0.1) is 24.0 Å². The second-order valence-corrected chi connectivity index (χ2v) is 7.35.